The van der Waals surface area contributed by atoms with Gasteiger partial charge in [-0.05, 0) is 43.6 Å². The summed E-state index contributed by atoms with van der Waals surface area (Å²) in [5.74, 6) is 2.68. The second-order valence-electron chi connectivity index (χ2n) is 4.94. The second kappa shape index (κ2) is 7.55. The van der Waals surface area contributed by atoms with Crippen molar-refractivity contribution >= 4 is 14.6 Å². The molecule has 2 nitrogen and oxygen atoms in total. The lowest BCUT2D eigenvalue weighted by Crippen LogP contribution is -2.46. The Morgan fingerprint density at radius 1 is 1.33 bits per heavy atom. The smallest absolute Gasteiger partial charge is 0.193 e. The summed E-state index contributed by atoms with van der Waals surface area (Å²) >= 11 is 0. The van der Waals surface area contributed by atoms with Crippen LogP contribution in [0.1, 0.15) is 41.0 Å². The van der Waals surface area contributed by atoms with Gasteiger partial charge >= 0.3 is 0 Å². The predicted molar refractivity (Wildman–Crippen MR) is 80.0 cm³/mol. The van der Waals surface area contributed by atoms with E-state index in [1.165, 1.54) is 0 Å². The number of aldehydes is 1. The minimum absolute atomic E-state index is 0.496. The molecule has 0 saturated heterocycles. The summed E-state index contributed by atoms with van der Waals surface area (Å²) in [6.07, 6.45) is 8.35. The molecule has 0 aromatic heterocycles. The van der Waals surface area contributed by atoms with Crippen molar-refractivity contribution in [1.82, 2.24) is 0 Å². The number of hydrogen-bond donors (Lipinski definition) is 0. The maximum absolute atomic E-state index is 10.7. The van der Waals surface area contributed by atoms with Crippen molar-refractivity contribution < 1.29 is 9.22 Å². The summed E-state index contributed by atoms with van der Waals surface area (Å²) in [5.41, 5.74) is 0.423. The van der Waals surface area contributed by atoms with Crippen LogP contribution in [0.2, 0.25) is 18.1 Å². The molecule has 0 aliphatic heterocycles. The van der Waals surface area contributed by atoms with E-state index in [0.29, 0.717) is 6.42 Å². The molecule has 1 atom stereocenters. The monoisotopic (exact) mass is 266 g/mol. The molecular formula is C15H26O2Si. The maximum Gasteiger partial charge on any atom is 0.193 e. The molecule has 0 rings (SSSR count). The van der Waals surface area contributed by atoms with E-state index in [0.717, 1.165) is 30.0 Å². The first-order valence-electron chi connectivity index (χ1n) is 6.69. The van der Waals surface area contributed by atoms with Crippen LogP contribution in [0.15, 0.2) is 11.6 Å². The van der Waals surface area contributed by atoms with Gasteiger partial charge in [0.15, 0.2) is 8.32 Å². The van der Waals surface area contributed by atoms with E-state index in [4.69, 9.17) is 10.8 Å². The van der Waals surface area contributed by atoms with Gasteiger partial charge in [0.05, 0.1) is 5.60 Å². The third kappa shape index (κ3) is 4.11. The fourth-order valence-corrected chi connectivity index (χ4v) is 5.30. The molecule has 0 amide bonds. The lowest BCUT2D eigenvalue weighted by atomic mass is 9.94. The fourth-order valence-electron chi connectivity index (χ4n) is 2.17. The average Bonchev–Trinajstić information content (AvgIpc) is 2.37. The zero-order valence-electron chi connectivity index (χ0n) is 12.4. The van der Waals surface area contributed by atoms with Gasteiger partial charge in [-0.15, -0.1) is 12.3 Å². The first-order valence-corrected chi connectivity index (χ1v) is 9.22. The van der Waals surface area contributed by atoms with Crippen LogP contribution < -0.4 is 0 Å². The number of rotatable bonds is 8. The van der Waals surface area contributed by atoms with E-state index in [-0.39, 0.29) is 0 Å². The molecule has 0 heterocycles. The molecule has 0 fully saturated rings. The van der Waals surface area contributed by atoms with Gasteiger partial charge in [-0.25, -0.2) is 0 Å². The molecule has 18 heavy (non-hydrogen) atoms. The SMILES string of the molecule is C#CC[C@@](C)(O[Si](CC)(CC)CC)/C(C)=C/C=O. The molecule has 0 bridgehead atoms. The van der Waals surface area contributed by atoms with E-state index in [2.05, 4.69) is 26.7 Å². The molecule has 0 radical (unpaired) electrons. The van der Waals surface area contributed by atoms with Crippen molar-refractivity contribution in [2.75, 3.05) is 0 Å². The summed E-state index contributed by atoms with van der Waals surface area (Å²) in [5, 5.41) is 0. The summed E-state index contributed by atoms with van der Waals surface area (Å²) < 4.78 is 6.50. The number of carbonyl (C=O) groups is 1. The first-order chi connectivity index (χ1) is 8.43. The van der Waals surface area contributed by atoms with Gasteiger partial charge in [0.1, 0.15) is 6.29 Å². The molecule has 0 saturated carbocycles. The van der Waals surface area contributed by atoms with Crippen molar-refractivity contribution in [1.29, 1.82) is 0 Å². The molecule has 3 heteroatoms. The third-order valence-electron chi connectivity index (χ3n) is 3.97. The van der Waals surface area contributed by atoms with Gasteiger partial charge in [0.25, 0.3) is 0 Å². The van der Waals surface area contributed by atoms with Crippen molar-refractivity contribution in [3.05, 3.63) is 11.6 Å². The lowest BCUT2D eigenvalue weighted by Gasteiger charge is -2.40. The Kier molecular flexibility index (Phi) is 7.19. The van der Waals surface area contributed by atoms with E-state index < -0.39 is 13.9 Å². The Balaban J connectivity index is 5.31. The van der Waals surface area contributed by atoms with Gasteiger partial charge in [-0.1, -0.05) is 20.8 Å². The quantitative estimate of drug-likeness (QED) is 0.288. The molecule has 0 aliphatic rings. The highest BCUT2D eigenvalue weighted by Crippen LogP contribution is 2.33. The predicted octanol–water partition coefficient (Wildman–Crippen LogP) is 3.94. The molecule has 0 aliphatic carbocycles. The lowest BCUT2D eigenvalue weighted by molar-refractivity contribution is -0.104. The number of terminal acetylenes is 1. The van der Waals surface area contributed by atoms with Crippen LogP contribution in [0.5, 0.6) is 0 Å². The highest BCUT2D eigenvalue weighted by Gasteiger charge is 2.38. The Hall–Kier alpha value is -0.853. The normalized spacial score (nSPS) is 15.9. The zero-order valence-corrected chi connectivity index (χ0v) is 13.4. The van der Waals surface area contributed by atoms with Gasteiger partial charge < -0.3 is 4.43 Å². The largest absolute Gasteiger partial charge is 0.407 e. The van der Waals surface area contributed by atoms with Crippen LogP contribution >= 0.6 is 0 Å². The van der Waals surface area contributed by atoms with Gasteiger partial charge in [0, 0.05) is 6.42 Å². The third-order valence-corrected chi connectivity index (χ3v) is 8.72. The van der Waals surface area contributed by atoms with Crippen LogP contribution in [-0.2, 0) is 9.22 Å². The van der Waals surface area contributed by atoms with Crippen LogP contribution in [-0.4, -0.2) is 20.2 Å². The van der Waals surface area contributed by atoms with Gasteiger partial charge in [-0.2, -0.15) is 0 Å². The minimum Gasteiger partial charge on any atom is -0.407 e. The van der Waals surface area contributed by atoms with Gasteiger partial charge in [0.2, 0.25) is 0 Å². The van der Waals surface area contributed by atoms with Crippen molar-refractivity contribution in [3.8, 4) is 12.3 Å². The Morgan fingerprint density at radius 3 is 2.17 bits per heavy atom. The molecule has 0 unspecified atom stereocenters. The average molecular weight is 266 g/mol. The first kappa shape index (κ1) is 17.1. The van der Waals surface area contributed by atoms with Crippen LogP contribution in [0.25, 0.3) is 0 Å². The van der Waals surface area contributed by atoms with Crippen LogP contribution in [0.3, 0.4) is 0 Å². The van der Waals surface area contributed by atoms with E-state index in [1.807, 2.05) is 13.8 Å². The molecule has 0 spiro atoms. The summed E-state index contributed by atoms with van der Waals surface area (Å²) in [4.78, 5) is 10.7. The van der Waals surface area contributed by atoms with Crippen molar-refractivity contribution in [2.45, 2.75) is 64.8 Å². The fraction of sp³-hybridized carbons (Fsp3) is 0.667. The summed E-state index contributed by atoms with van der Waals surface area (Å²) in [6.45, 7) is 10.5. The Labute approximate surface area is 113 Å². The zero-order chi connectivity index (χ0) is 14.2. The van der Waals surface area contributed by atoms with Crippen LogP contribution in [0, 0.1) is 12.3 Å². The van der Waals surface area contributed by atoms with E-state index in [1.54, 1.807) is 6.08 Å². The molecule has 0 aromatic rings. The van der Waals surface area contributed by atoms with Crippen LogP contribution in [0.4, 0.5) is 0 Å². The Morgan fingerprint density at radius 2 is 1.83 bits per heavy atom. The highest BCUT2D eigenvalue weighted by molar-refractivity contribution is 6.73. The molecule has 0 aromatic carbocycles. The molecule has 0 N–H and O–H groups in total. The van der Waals surface area contributed by atoms with E-state index >= 15 is 0 Å². The van der Waals surface area contributed by atoms with Gasteiger partial charge in [-0.3, -0.25) is 4.79 Å². The highest BCUT2D eigenvalue weighted by atomic mass is 28.4. The van der Waals surface area contributed by atoms with Crippen molar-refractivity contribution in [2.24, 2.45) is 0 Å². The number of hydrogen-bond acceptors (Lipinski definition) is 2. The second-order valence-corrected chi connectivity index (χ2v) is 9.63. The molecule has 102 valence electrons. The van der Waals surface area contributed by atoms with E-state index in [9.17, 15) is 4.79 Å². The van der Waals surface area contributed by atoms with Crippen molar-refractivity contribution in [3.63, 3.8) is 0 Å². The molecular weight excluding hydrogens is 240 g/mol. The Bertz CT molecular complexity index is 329. The standard InChI is InChI=1S/C15H26O2Si/c1-7-12-15(6,14(5)11-13-16)17-18(8-2,9-3)10-4/h1,11,13H,8-10,12H2,2-6H3/b14-11+/t15-/m1/s1. The summed E-state index contributed by atoms with van der Waals surface area (Å²) in [7, 11) is -1.73. The topological polar surface area (TPSA) is 26.3 Å². The number of allylic oxidation sites excluding steroid dienone is 1. The minimum atomic E-state index is -1.73. The maximum atomic E-state index is 10.7. The summed E-state index contributed by atoms with van der Waals surface area (Å²) in [6, 6.07) is 3.23. The number of carbonyl (C=O) groups excluding carboxylic acids is 1.